The van der Waals surface area contributed by atoms with E-state index in [0.29, 0.717) is 37.2 Å². The van der Waals surface area contributed by atoms with Gasteiger partial charge in [0.1, 0.15) is 0 Å². The van der Waals surface area contributed by atoms with E-state index in [-0.39, 0.29) is 29.3 Å². The van der Waals surface area contributed by atoms with Crippen molar-refractivity contribution in [2.75, 3.05) is 29.2 Å². The molecule has 0 aliphatic carbocycles. The average Bonchev–Trinajstić information content (AvgIpc) is 3.61. The lowest BCUT2D eigenvalue weighted by atomic mass is 10.0. The number of hydrogen-bond acceptors (Lipinski definition) is 9. The van der Waals surface area contributed by atoms with Crippen LogP contribution in [0.25, 0.3) is 11.6 Å². The second-order valence-electron chi connectivity index (χ2n) is 9.16. The Kier molecular flexibility index (Phi) is 6.64. The van der Waals surface area contributed by atoms with E-state index in [9.17, 15) is 18.0 Å². The summed E-state index contributed by atoms with van der Waals surface area (Å²) in [6.45, 7) is 0.833. The Morgan fingerprint density at radius 2 is 1.80 bits per heavy atom. The molecule has 2 aromatic carbocycles. The zero-order chi connectivity index (χ0) is 27.7. The molecule has 13 heteroatoms. The van der Waals surface area contributed by atoms with E-state index in [4.69, 9.17) is 9.15 Å². The molecule has 1 fully saturated rings. The van der Waals surface area contributed by atoms with Crippen LogP contribution in [0.2, 0.25) is 0 Å². The molecule has 2 aromatic heterocycles. The number of carbonyl (C=O) groups excluding carboxylic acids is 1. The lowest BCUT2D eigenvalue weighted by molar-refractivity contribution is -0.137. The number of halogens is 3. The SMILES string of the molecule is O=C1Nc2ccccc2C(c2ccccc2)=NC1Nc1nnc(-c2ncc(C(F)(F)F)cc2NC2CCOC2)o1. The Morgan fingerprint density at radius 1 is 1.00 bits per heavy atom. The van der Waals surface area contributed by atoms with Crippen molar-refractivity contribution >= 4 is 29.0 Å². The average molecular weight is 550 g/mol. The number of benzene rings is 2. The van der Waals surface area contributed by atoms with Gasteiger partial charge < -0.3 is 25.1 Å². The van der Waals surface area contributed by atoms with Crippen LogP contribution in [-0.2, 0) is 15.7 Å². The molecular weight excluding hydrogens is 527 g/mol. The van der Waals surface area contributed by atoms with Crippen molar-refractivity contribution in [2.45, 2.75) is 24.8 Å². The van der Waals surface area contributed by atoms with E-state index < -0.39 is 23.8 Å². The highest BCUT2D eigenvalue weighted by atomic mass is 19.4. The fourth-order valence-corrected chi connectivity index (χ4v) is 4.44. The van der Waals surface area contributed by atoms with Gasteiger partial charge in [-0.3, -0.25) is 4.79 Å². The molecule has 2 atom stereocenters. The number of nitrogens with one attached hydrogen (secondary N) is 3. The van der Waals surface area contributed by atoms with E-state index in [1.54, 1.807) is 12.1 Å². The second kappa shape index (κ2) is 10.4. The molecule has 2 unspecified atom stereocenters. The Morgan fingerprint density at radius 3 is 2.58 bits per heavy atom. The van der Waals surface area contributed by atoms with Gasteiger partial charge in [0, 0.05) is 23.9 Å². The minimum Gasteiger partial charge on any atom is -0.402 e. The smallest absolute Gasteiger partial charge is 0.402 e. The number of rotatable bonds is 6. The molecule has 2 aliphatic heterocycles. The first-order chi connectivity index (χ1) is 19.3. The van der Waals surface area contributed by atoms with Crippen LogP contribution >= 0.6 is 0 Å². The summed E-state index contributed by atoms with van der Waals surface area (Å²) in [5, 5.41) is 16.6. The van der Waals surface area contributed by atoms with E-state index in [0.717, 1.165) is 17.2 Å². The molecule has 0 bridgehead atoms. The van der Waals surface area contributed by atoms with Crippen LogP contribution in [0.4, 0.5) is 30.6 Å². The highest BCUT2D eigenvalue weighted by Gasteiger charge is 2.33. The van der Waals surface area contributed by atoms with Crippen molar-refractivity contribution in [3.05, 3.63) is 83.6 Å². The third-order valence-electron chi connectivity index (χ3n) is 6.39. The van der Waals surface area contributed by atoms with Crippen LogP contribution in [0.5, 0.6) is 0 Å². The first-order valence-electron chi connectivity index (χ1n) is 12.4. The Hall–Kier alpha value is -4.78. The van der Waals surface area contributed by atoms with Crippen molar-refractivity contribution in [3.8, 4) is 11.6 Å². The summed E-state index contributed by atoms with van der Waals surface area (Å²) in [6.07, 6.45) is -4.42. The number of alkyl halides is 3. The molecule has 2 aliphatic rings. The fourth-order valence-electron chi connectivity index (χ4n) is 4.44. The maximum absolute atomic E-state index is 13.4. The summed E-state index contributed by atoms with van der Waals surface area (Å²) in [5.74, 6) is -0.600. The normalized spacial score (nSPS) is 18.9. The molecule has 204 valence electrons. The first-order valence-corrected chi connectivity index (χ1v) is 12.4. The number of hydrogen-bond donors (Lipinski definition) is 3. The van der Waals surface area contributed by atoms with Gasteiger partial charge in [-0.25, -0.2) is 9.98 Å². The molecule has 6 rings (SSSR count). The maximum atomic E-state index is 13.4. The number of aliphatic imine (C=N–C) groups is 1. The predicted molar refractivity (Wildman–Crippen MR) is 140 cm³/mol. The van der Waals surface area contributed by atoms with E-state index in [1.165, 1.54) is 0 Å². The third-order valence-corrected chi connectivity index (χ3v) is 6.39. The van der Waals surface area contributed by atoms with E-state index in [2.05, 4.69) is 36.1 Å². The number of amides is 1. The van der Waals surface area contributed by atoms with Crippen molar-refractivity contribution in [2.24, 2.45) is 4.99 Å². The molecule has 4 heterocycles. The van der Waals surface area contributed by atoms with Crippen LogP contribution in [0, 0.1) is 0 Å². The number of ether oxygens (including phenoxy) is 1. The Bertz CT molecular complexity index is 1570. The lowest BCUT2D eigenvalue weighted by Gasteiger charge is -2.16. The van der Waals surface area contributed by atoms with Gasteiger partial charge in [0.15, 0.2) is 5.69 Å². The van der Waals surface area contributed by atoms with Crippen LogP contribution in [0.1, 0.15) is 23.1 Å². The number of aromatic nitrogens is 3. The highest BCUT2D eigenvalue weighted by Crippen LogP contribution is 2.35. The predicted octanol–water partition coefficient (Wildman–Crippen LogP) is 4.58. The van der Waals surface area contributed by atoms with Crippen LogP contribution in [-0.4, -0.2) is 52.2 Å². The third kappa shape index (κ3) is 5.23. The minimum atomic E-state index is -4.59. The molecular formula is C27H22F3N7O3. The van der Waals surface area contributed by atoms with Crippen molar-refractivity contribution in [1.82, 2.24) is 15.2 Å². The molecule has 1 amide bonds. The number of benzodiazepines with no additional fused rings is 1. The van der Waals surface area contributed by atoms with E-state index in [1.807, 2.05) is 42.5 Å². The monoisotopic (exact) mass is 549 g/mol. The van der Waals surface area contributed by atoms with Crippen LogP contribution in [0.15, 0.2) is 76.3 Å². The summed E-state index contributed by atoms with van der Waals surface area (Å²) in [4.78, 5) is 21.7. The summed E-state index contributed by atoms with van der Waals surface area (Å²) in [7, 11) is 0. The zero-order valence-corrected chi connectivity index (χ0v) is 20.8. The van der Waals surface area contributed by atoms with Crippen molar-refractivity contribution < 1.29 is 27.1 Å². The lowest BCUT2D eigenvalue weighted by Crippen LogP contribution is -2.32. The minimum absolute atomic E-state index is 0.0339. The molecule has 1 saturated heterocycles. The summed E-state index contributed by atoms with van der Waals surface area (Å²) < 4.78 is 51.2. The number of para-hydroxylation sites is 1. The van der Waals surface area contributed by atoms with Crippen molar-refractivity contribution in [1.29, 1.82) is 0 Å². The van der Waals surface area contributed by atoms with Gasteiger partial charge in [0.25, 0.3) is 11.8 Å². The van der Waals surface area contributed by atoms with Crippen LogP contribution in [0.3, 0.4) is 0 Å². The number of nitrogens with zero attached hydrogens (tertiary/aromatic N) is 4. The van der Waals surface area contributed by atoms with Gasteiger partial charge in [-0.05, 0) is 18.6 Å². The van der Waals surface area contributed by atoms with Gasteiger partial charge in [0.05, 0.1) is 35.3 Å². The molecule has 0 spiro atoms. The molecule has 40 heavy (non-hydrogen) atoms. The highest BCUT2D eigenvalue weighted by molar-refractivity contribution is 6.19. The largest absolute Gasteiger partial charge is 0.417 e. The first kappa shape index (κ1) is 25.5. The number of pyridine rings is 1. The van der Waals surface area contributed by atoms with Gasteiger partial charge in [-0.2, -0.15) is 13.2 Å². The molecule has 0 saturated carbocycles. The topological polar surface area (TPSA) is 127 Å². The molecule has 4 aromatic rings. The molecule has 10 nitrogen and oxygen atoms in total. The van der Waals surface area contributed by atoms with Gasteiger partial charge >= 0.3 is 12.2 Å². The summed E-state index contributed by atoms with van der Waals surface area (Å²) in [5.41, 5.74) is 1.88. The molecule has 3 N–H and O–H groups in total. The zero-order valence-electron chi connectivity index (χ0n) is 20.8. The number of fused-ring (bicyclic) bond motifs is 1. The summed E-state index contributed by atoms with van der Waals surface area (Å²) in [6, 6.07) is 17.3. The quantitative estimate of drug-likeness (QED) is 0.319. The van der Waals surface area contributed by atoms with E-state index >= 15 is 0 Å². The summed E-state index contributed by atoms with van der Waals surface area (Å²) >= 11 is 0. The second-order valence-corrected chi connectivity index (χ2v) is 9.16. The number of anilines is 3. The Balaban J connectivity index is 1.32. The maximum Gasteiger partial charge on any atom is 0.417 e. The van der Waals surface area contributed by atoms with Crippen LogP contribution < -0.4 is 16.0 Å². The fraction of sp³-hybridized carbons (Fsp3) is 0.222. The van der Waals surface area contributed by atoms with Gasteiger partial charge in [-0.15, -0.1) is 5.10 Å². The standard InChI is InChI=1S/C27H22F3N7O3/c28-27(29,30)16-12-20(32-17-10-11-39-14-17)22(31-13-16)25-36-37-26(40-25)35-23-24(38)33-19-9-5-4-8-18(19)21(34-23)15-6-2-1-3-7-15/h1-9,12-13,17,23,32H,10-11,14H2,(H,33,38)(H,35,37). The van der Waals surface area contributed by atoms with Gasteiger partial charge in [0.2, 0.25) is 6.17 Å². The van der Waals surface area contributed by atoms with Crippen molar-refractivity contribution in [3.63, 3.8) is 0 Å². The van der Waals surface area contributed by atoms with Gasteiger partial charge in [-0.1, -0.05) is 53.6 Å². The Labute approximate surface area is 225 Å². The number of carbonyl (C=O) groups is 1. The molecule has 0 radical (unpaired) electrons.